The SMILES string of the molecule is CCc1ccc(Oc2cccc(OCc3cccc(NC(C)=O)c3)c2)cc1. The summed E-state index contributed by atoms with van der Waals surface area (Å²) in [6, 6.07) is 23.2. The summed E-state index contributed by atoms with van der Waals surface area (Å²) < 4.78 is 11.8. The largest absolute Gasteiger partial charge is 0.489 e. The topological polar surface area (TPSA) is 47.6 Å². The zero-order valence-corrected chi connectivity index (χ0v) is 15.6. The number of amides is 1. The average Bonchev–Trinajstić information content (AvgIpc) is 2.67. The van der Waals surface area contributed by atoms with Crippen molar-refractivity contribution in [1.29, 1.82) is 0 Å². The molecule has 1 amide bonds. The zero-order chi connectivity index (χ0) is 19.1. The van der Waals surface area contributed by atoms with Crippen molar-refractivity contribution in [3.8, 4) is 17.2 Å². The van der Waals surface area contributed by atoms with E-state index < -0.39 is 0 Å². The third kappa shape index (κ3) is 5.61. The molecule has 3 aromatic carbocycles. The van der Waals surface area contributed by atoms with Gasteiger partial charge in [0.05, 0.1) is 0 Å². The highest BCUT2D eigenvalue weighted by Gasteiger charge is 2.03. The van der Waals surface area contributed by atoms with E-state index in [-0.39, 0.29) is 5.91 Å². The summed E-state index contributed by atoms with van der Waals surface area (Å²) in [5.74, 6) is 2.16. The van der Waals surface area contributed by atoms with Crippen LogP contribution in [-0.2, 0) is 17.8 Å². The number of rotatable bonds is 7. The van der Waals surface area contributed by atoms with E-state index in [4.69, 9.17) is 9.47 Å². The van der Waals surface area contributed by atoms with E-state index in [2.05, 4.69) is 24.4 Å². The van der Waals surface area contributed by atoms with Crippen LogP contribution >= 0.6 is 0 Å². The van der Waals surface area contributed by atoms with Crippen molar-refractivity contribution < 1.29 is 14.3 Å². The molecule has 0 bridgehead atoms. The third-order valence-corrected chi connectivity index (χ3v) is 4.03. The monoisotopic (exact) mass is 361 g/mol. The molecule has 0 spiro atoms. The van der Waals surface area contributed by atoms with Gasteiger partial charge in [0.15, 0.2) is 0 Å². The summed E-state index contributed by atoms with van der Waals surface area (Å²) in [7, 11) is 0. The van der Waals surface area contributed by atoms with Crippen LogP contribution in [0.5, 0.6) is 17.2 Å². The summed E-state index contributed by atoms with van der Waals surface area (Å²) in [4.78, 5) is 11.2. The van der Waals surface area contributed by atoms with E-state index in [1.165, 1.54) is 12.5 Å². The number of hydrogen-bond donors (Lipinski definition) is 1. The molecule has 0 atom stereocenters. The van der Waals surface area contributed by atoms with E-state index in [9.17, 15) is 4.79 Å². The van der Waals surface area contributed by atoms with E-state index >= 15 is 0 Å². The summed E-state index contributed by atoms with van der Waals surface area (Å²) in [6.07, 6.45) is 1.01. The van der Waals surface area contributed by atoms with Gasteiger partial charge in [-0.05, 0) is 53.9 Å². The van der Waals surface area contributed by atoms with Gasteiger partial charge in [0.1, 0.15) is 23.9 Å². The van der Waals surface area contributed by atoms with Crippen molar-refractivity contribution in [2.45, 2.75) is 26.9 Å². The minimum absolute atomic E-state index is 0.0927. The Bertz CT molecular complexity index is 904. The third-order valence-electron chi connectivity index (χ3n) is 4.03. The normalized spacial score (nSPS) is 10.3. The van der Waals surface area contributed by atoms with Gasteiger partial charge in [-0.25, -0.2) is 0 Å². The second kappa shape index (κ2) is 8.90. The number of benzene rings is 3. The van der Waals surface area contributed by atoms with Gasteiger partial charge in [-0.3, -0.25) is 4.79 Å². The number of anilines is 1. The van der Waals surface area contributed by atoms with Gasteiger partial charge in [0, 0.05) is 18.7 Å². The highest BCUT2D eigenvalue weighted by molar-refractivity contribution is 5.88. The predicted octanol–water partition coefficient (Wildman–Crippen LogP) is 5.58. The van der Waals surface area contributed by atoms with Gasteiger partial charge < -0.3 is 14.8 Å². The summed E-state index contributed by atoms with van der Waals surface area (Å²) in [5.41, 5.74) is 3.01. The van der Waals surface area contributed by atoms with Crippen molar-refractivity contribution in [3.05, 3.63) is 83.9 Å². The summed E-state index contributed by atoms with van der Waals surface area (Å²) >= 11 is 0. The van der Waals surface area contributed by atoms with Gasteiger partial charge in [-0.15, -0.1) is 0 Å². The maximum absolute atomic E-state index is 11.2. The molecule has 138 valence electrons. The van der Waals surface area contributed by atoms with Gasteiger partial charge >= 0.3 is 0 Å². The lowest BCUT2D eigenvalue weighted by atomic mass is 10.2. The first-order valence-corrected chi connectivity index (χ1v) is 8.98. The van der Waals surface area contributed by atoms with Crippen LogP contribution in [0.3, 0.4) is 0 Å². The molecule has 4 heteroatoms. The molecule has 3 rings (SSSR count). The molecule has 0 aliphatic rings. The lowest BCUT2D eigenvalue weighted by Gasteiger charge is -2.11. The summed E-state index contributed by atoms with van der Waals surface area (Å²) in [6.45, 7) is 4.02. The van der Waals surface area contributed by atoms with E-state index in [0.717, 1.165) is 34.9 Å². The molecule has 0 radical (unpaired) electrons. The van der Waals surface area contributed by atoms with Gasteiger partial charge in [0.25, 0.3) is 0 Å². The molecular weight excluding hydrogens is 338 g/mol. The minimum Gasteiger partial charge on any atom is -0.489 e. The number of ether oxygens (including phenoxy) is 2. The molecule has 3 aromatic rings. The van der Waals surface area contributed by atoms with Crippen LogP contribution in [0.4, 0.5) is 5.69 Å². The molecule has 0 saturated carbocycles. The highest BCUT2D eigenvalue weighted by atomic mass is 16.5. The van der Waals surface area contributed by atoms with Gasteiger partial charge in [-0.2, -0.15) is 0 Å². The summed E-state index contributed by atoms with van der Waals surface area (Å²) in [5, 5.41) is 2.77. The van der Waals surface area contributed by atoms with Crippen molar-refractivity contribution in [1.82, 2.24) is 0 Å². The maximum Gasteiger partial charge on any atom is 0.221 e. The first-order valence-electron chi connectivity index (χ1n) is 8.98. The van der Waals surface area contributed by atoms with Crippen LogP contribution in [0.25, 0.3) is 0 Å². The number of carbonyl (C=O) groups is 1. The van der Waals surface area contributed by atoms with Gasteiger partial charge in [-0.1, -0.05) is 37.3 Å². The molecule has 0 unspecified atom stereocenters. The lowest BCUT2D eigenvalue weighted by Crippen LogP contribution is -2.06. The number of nitrogens with one attached hydrogen (secondary N) is 1. The molecule has 0 aromatic heterocycles. The molecule has 0 fully saturated rings. The van der Waals surface area contributed by atoms with Crippen LogP contribution < -0.4 is 14.8 Å². The van der Waals surface area contributed by atoms with Crippen LogP contribution in [0, 0.1) is 0 Å². The lowest BCUT2D eigenvalue weighted by molar-refractivity contribution is -0.114. The minimum atomic E-state index is -0.0927. The molecule has 1 N–H and O–H groups in total. The quantitative estimate of drug-likeness (QED) is 0.598. The van der Waals surface area contributed by atoms with E-state index in [1.54, 1.807) is 0 Å². The molecular formula is C23H23NO3. The Hall–Kier alpha value is -3.27. The van der Waals surface area contributed by atoms with E-state index in [1.807, 2.05) is 60.7 Å². The van der Waals surface area contributed by atoms with Crippen LogP contribution in [0.1, 0.15) is 25.0 Å². The van der Waals surface area contributed by atoms with Crippen LogP contribution in [0.2, 0.25) is 0 Å². The standard InChI is InChI=1S/C23H23NO3/c1-3-18-10-12-21(13-11-18)27-23-9-5-8-22(15-23)26-16-19-6-4-7-20(14-19)24-17(2)25/h4-15H,3,16H2,1-2H3,(H,24,25). The smallest absolute Gasteiger partial charge is 0.221 e. The fraction of sp³-hybridized carbons (Fsp3) is 0.174. The first kappa shape index (κ1) is 18.5. The molecule has 0 aliphatic carbocycles. The molecule has 0 heterocycles. The second-order valence-corrected chi connectivity index (χ2v) is 6.24. The molecule has 0 aliphatic heterocycles. The van der Waals surface area contributed by atoms with Gasteiger partial charge in [0.2, 0.25) is 5.91 Å². The number of aryl methyl sites for hydroxylation is 1. The fourth-order valence-corrected chi connectivity index (χ4v) is 2.67. The second-order valence-electron chi connectivity index (χ2n) is 6.24. The van der Waals surface area contributed by atoms with Crippen LogP contribution in [-0.4, -0.2) is 5.91 Å². The Morgan fingerprint density at radius 1 is 0.852 bits per heavy atom. The van der Waals surface area contributed by atoms with Crippen molar-refractivity contribution in [2.75, 3.05) is 5.32 Å². The fourth-order valence-electron chi connectivity index (χ4n) is 2.67. The number of carbonyl (C=O) groups excluding carboxylic acids is 1. The Kier molecular flexibility index (Phi) is 6.10. The van der Waals surface area contributed by atoms with Crippen molar-refractivity contribution >= 4 is 11.6 Å². The highest BCUT2D eigenvalue weighted by Crippen LogP contribution is 2.26. The first-order chi connectivity index (χ1) is 13.1. The van der Waals surface area contributed by atoms with Crippen molar-refractivity contribution in [3.63, 3.8) is 0 Å². The Balaban J connectivity index is 1.62. The molecule has 0 saturated heterocycles. The Labute approximate surface area is 159 Å². The predicted molar refractivity (Wildman–Crippen MR) is 107 cm³/mol. The maximum atomic E-state index is 11.2. The molecule has 4 nitrogen and oxygen atoms in total. The number of hydrogen-bond acceptors (Lipinski definition) is 3. The Morgan fingerprint density at radius 3 is 2.33 bits per heavy atom. The van der Waals surface area contributed by atoms with E-state index in [0.29, 0.717) is 6.61 Å². The Morgan fingerprint density at radius 2 is 1.59 bits per heavy atom. The molecule has 27 heavy (non-hydrogen) atoms. The average molecular weight is 361 g/mol. The van der Waals surface area contributed by atoms with Crippen molar-refractivity contribution in [2.24, 2.45) is 0 Å². The van der Waals surface area contributed by atoms with Crippen LogP contribution in [0.15, 0.2) is 72.8 Å². The zero-order valence-electron chi connectivity index (χ0n) is 15.6.